The molecule has 2 heterocycles. The highest BCUT2D eigenvalue weighted by atomic mass is 16.6. The van der Waals surface area contributed by atoms with Gasteiger partial charge in [0, 0.05) is 17.5 Å². The summed E-state index contributed by atoms with van der Waals surface area (Å²) in [6.45, 7) is 5.36. The Kier molecular flexibility index (Phi) is 3.94. The van der Waals surface area contributed by atoms with E-state index in [1.54, 1.807) is 6.92 Å². The summed E-state index contributed by atoms with van der Waals surface area (Å²) in [5.41, 5.74) is -0.980. The summed E-state index contributed by atoms with van der Waals surface area (Å²) >= 11 is 0. The molecule has 9 heteroatoms. The summed E-state index contributed by atoms with van der Waals surface area (Å²) in [5, 5.41) is 23.4. The molecule has 2 N–H and O–H groups in total. The summed E-state index contributed by atoms with van der Waals surface area (Å²) in [6.07, 6.45) is 0. The van der Waals surface area contributed by atoms with E-state index in [0.29, 0.717) is 10.9 Å². The zero-order chi connectivity index (χ0) is 19.2. The van der Waals surface area contributed by atoms with E-state index in [-0.39, 0.29) is 34.6 Å². The lowest BCUT2D eigenvalue weighted by Gasteiger charge is -2.21. The number of nitrogens with one attached hydrogen (secondary N) is 1. The molecule has 1 aliphatic heterocycles. The minimum atomic E-state index is -1.27. The Labute approximate surface area is 147 Å². The molecule has 0 saturated heterocycles. The molecular formula is C17H16N4O5. The summed E-state index contributed by atoms with van der Waals surface area (Å²) in [6, 6.07) is 5.27. The second-order valence-corrected chi connectivity index (χ2v) is 6.54. The number of aliphatic imine (C=N–C) groups is 1. The summed E-state index contributed by atoms with van der Waals surface area (Å²) in [4.78, 5) is 43.0. The third kappa shape index (κ3) is 2.67. The van der Waals surface area contributed by atoms with Gasteiger partial charge in [0.2, 0.25) is 0 Å². The number of nitro benzene ring substituents is 1. The molecule has 0 spiro atoms. The number of carboxylic acid groups (broad SMARTS) is 1. The second-order valence-electron chi connectivity index (χ2n) is 6.54. The number of aromatic nitrogens is 1. The number of benzene rings is 1. The number of carbonyl (C=O) groups is 2. The van der Waals surface area contributed by atoms with E-state index >= 15 is 0 Å². The van der Waals surface area contributed by atoms with Crippen molar-refractivity contribution in [1.82, 2.24) is 10.3 Å². The summed E-state index contributed by atoms with van der Waals surface area (Å²) in [7, 11) is 0. The van der Waals surface area contributed by atoms with Crippen molar-refractivity contribution in [3.8, 4) is 0 Å². The highest BCUT2D eigenvalue weighted by Crippen LogP contribution is 2.28. The van der Waals surface area contributed by atoms with Crippen LogP contribution in [0.2, 0.25) is 0 Å². The van der Waals surface area contributed by atoms with Crippen molar-refractivity contribution in [2.45, 2.75) is 26.3 Å². The molecule has 1 aromatic heterocycles. The van der Waals surface area contributed by atoms with Gasteiger partial charge in [-0.25, -0.2) is 14.8 Å². The molecule has 1 aliphatic rings. The van der Waals surface area contributed by atoms with Crippen molar-refractivity contribution in [2.75, 3.05) is 0 Å². The van der Waals surface area contributed by atoms with Crippen molar-refractivity contribution < 1.29 is 19.6 Å². The van der Waals surface area contributed by atoms with Crippen LogP contribution >= 0.6 is 0 Å². The van der Waals surface area contributed by atoms with Crippen LogP contribution in [-0.4, -0.2) is 38.3 Å². The molecule has 0 bridgehead atoms. The van der Waals surface area contributed by atoms with Gasteiger partial charge in [-0.3, -0.25) is 14.9 Å². The van der Waals surface area contributed by atoms with Gasteiger partial charge >= 0.3 is 5.97 Å². The maximum absolute atomic E-state index is 12.3. The number of aromatic carboxylic acids is 1. The van der Waals surface area contributed by atoms with Crippen LogP contribution in [-0.2, 0) is 4.79 Å². The number of hydrogen-bond donors (Lipinski definition) is 2. The number of fused-ring (bicyclic) bond motifs is 1. The standard InChI is InChI=1S/C17H16N4O5/c1-8(2)17(3)16(24)19-14(20-17)13-11(15(22)23)7-9-6-10(21(25)26)4-5-12(9)18-13/h4-8H,1-3H3,(H,22,23)(H,19,20,24). The molecule has 0 aliphatic carbocycles. The molecule has 1 amide bonds. The van der Waals surface area contributed by atoms with Gasteiger partial charge in [0.25, 0.3) is 11.6 Å². The first-order valence-corrected chi connectivity index (χ1v) is 7.87. The Bertz CT molecular complexity index is 998. The number of carboxylic acids is 1. The minimum Gasteiger partial charge on any atom is -0.478 e. The highest BCUT2D eigenvalue weighted by molar-refractivity contribution is 6.18. The molecule has 26 heavy (non-hydrogen) atoms. The number of amides is 1. The molecule has 3 rings (SSSR count). The van der Waals surface area contributed by atoms with E-state index in [9.17, 15) is 24.8 Å². The first-order valence-electron chi connectivity index (χ1n) is 7.87. The minimum absolute atomic E-state index is 0.0246. The summed E-state index contributed by atoms with van der Waals surface area (Å²) < 4.78 is 0. The van der Waals surface area contributed by atoms with Gasteiger partial charge in [0.05, 0.1) is 16.0 Å². The van der Waals surface area contributed by atoms with Crippen LogP contribution in [0.4, 0.5) is 5.69 Å². The van der Waals surface area contributed by atoms with Crippen LogP contribution in [0.1, 0.15) is 36.8 Å². The van der Waals surface area contributed by atoms with Crippen LogP contribution in [0.25, 0.3) is 10.9 Å². The van der Waals surface area contributed by atoms with Crippen molar-refractivity contribution in [1.29, 1.82) is 0 Å². The maximum atomic E-state index is 12.3. The van der Waals surface area contributed by atoms with Crippen LogP contribution in [0, 0.1) is 16.0 Å². The van der Waals surface area contributed by atoms with E-state index in [1.807, 2.05) is 13.8 Å². The zero-order valence-electron chi connectivity index (χ0n) is 14.3. The SMILES string of the molecule is CC(C)C1(C)N=C(c2nc3ccc([N+](=O)[O-])cc3cc2C(=O)O)NC1=O. The Morgan fingerprint density at radius 2 is 2.04 bits per heavy atom. The molecule has 0 saturated carbocycles. The van der Waals surface area contributed by atoms with Crippen molar-refractivity contribution in [3.63, 3.8) is 0 Å². The largest absolute Gasteiger partial charge is 0.478 e. The fraction of sp³-hybridized carbons (Fsp3) is 0.294. The normalized spacial score (nSPS) is 19.5. The molecule has 1 unspecified atom stereocenters. The third-order valence-electron chi connectivity index (χ3n) is 4.62. The third-order valence-corrected chi connectivity index (χ3v) is 4.62. The average molecular weight is 356 g/mol. The molecule has 1 atom stereocenters. The number of nitro groups is 1. The maximum Gasteiger partial charge on any atom is 0.338 e. The predicted octanol–water partition coefficient (Wildman–Crippen LogP) is 2.13. The van der Waals surface area contributed by atoms with Crippen LogP contribution in [0.15, 0.2) is 29.3 Å². The number of carbonyl (C=O) groups excluding carboxylic acids is 1. The van der Waals surface area contributed by atoms with E-state index in [4.69, 9.17) is 0 Å². The topological polar surface area (TPSA) is 135 Å². The molecule has 0 radical (unpaired) electrons. The van der Waals surface area contributed by atoms with Gasteiger partial charge in [-0.1, -0.05) is 13.8 Å². The van der Waals surface area contributed by atoms with E-state index in [1.165, 1.54) is 24.3 Å². The molecule has 9 nitrogen and oxygen atoms in total. The number of non-ortho nitro benzene ring substituents is 1. The molecule has 134 valence electrons. The average Bonchev–Trinajstić information content (AvgIpc) is 2.89. The van der Waals surface area contributed by atoms with Crippen LogP contribution < -0.4 is 5.32 Å². The number of rotatable bonds is 4. The van der Waals surface area contributed by atoms with Gasteiger partial charge < -0.3 is 10.4 Å². The smallest absolute Gasteiger partial charge is 0.338 e. The Balaban J connectivity index is 2.21. The Morgan fingerprint density at radius 1 is 1.35 bits per heavy atom. The molecular weight excluding hydrogens is 340 g/mol. The first-order chi connectivity index (χ1) is 12.1. The lowest BCUT2D eigenvalue weighted by atomic mass is 9.89. The summed E-state index contributed by atoms with van der Waals surface area (Å²) in [5.74, 6) is -1.61. The van der Waals surface area contributed by atoms with Gasteiger partial charge in [0.1, 0.15) is 11.2 Å². The fourth-order valence-corrected chi connectivity index (χ4v) is 2.67. The lowest BCUT2D eigenvalue weighted by Crippen LogP contribution is -2.41. The Morgan fingerprint density at radius 3 is 2.58 bits per heavy atom. The van der Waals surface area contributed by atoms with Gasteiger partial charge in [-0.2, -0.15) is 0 Å². The number of nitrogens with zero attached hydrogens (tertiary/aromatic N) is 3. The first kappa shape index (κ1) is 17.5. The van der Waals surface area contributed by atoms with Gasteiger partial charge in [-0.05, 0) is 25.0 Å². The fourth-order valence-electron chi connectivity index (χ4n) is 2.67. The van der Waals surface area contributed by atoms with Crippen LogP contribution in [0.5, 0.6) is 0 Å². The number of pyridine rings is 1. The molecule has 0 fully saturated rings. The van der Waals surface area contributed by atoms with E-state index in [2.05, 4.69) is 15.3 Å². The van der Waals surface area contributed by atoms with Gasteiger partial charge in [0.15, 0.2) is 5.84 Å². The van der Waals surface area contributed by atoms with Crippen molar-refractivity contribution in [3.05, 3.63) is 45.6 Å². The molecule has 2 aromatic rings. The van der Waals surface area contributed by atoms with Crippen molar-refractivity contribution >= 4 is 34.3 Å². The van der Waals surface area contributed by atoms with E-state index < -0.39 is 16.4 Å². The monoisotopic (exact) mass is 356 g/mol. The quantitative estimate of drug-likeness (QED) is 0.636. The number of amidine groups is 1. The van der Waals surface area contributed by atoms with E-state index in [0.717, 1.165) is 0 Å². The molecule has 1 aromatic carbocycles. The predicted molar refractivity (Wildman–Crippen MR) is 93.3 cm³/mol. The lowest BCUT2D eigenvalue weighted by molar-refractivity contribution is -0.384. The Hall–Kier alpha value is -3.36. The van der Waals surface area contributed by atoms with Crippen molar-refractivity contribution in [2.24, 2.45) is 10.9 Å². The van der Waals surface area contributed by atoms with Gasteiger partial charge in [-0.15, -0.1) is 0 Å². The second kappa shape index (κ2) is 5.87. The van der Waals surface area contributed by atoms with Crippen LogP contribution in [0.3, 0.4) is 0 Å². The number of hydrogen-bond acceptors (Lipinski definition) is 6. The zero-order valence-corrected chi connectivity index (χ0v) is 14.3. The highest BCUT2D eigenvalue weighted by Gasteiger charge is 2.43.